The van der Waals surface area contributed by atoms with Crippen LogP contribution in [0.4, 0.5) is 0 Å². The molecular weight excluding hydrogens is 360 g/mol. The molecule has 27 heavy (non-hydrogen) atoms. The molecule has 3 rings (SSSR count). The summed E-state index contributed by atoms with van der Waals surface area (Å²) in [5.41, 5.74) is 2.50. The summed E-state index contributed by atoms with van der Waals surface area (Å²) in [6.07, 6.45) is 3.17. The Morgan fingerprint density at radius 1 is 0.926 bits per heavy atom. The second-order valence-electron chi connectivity index (χ2n) is 5.82. The van der Waals surface area contributed by atoms with Gasteiger partial charge in [0.2, 0.25) is 15.9 Å². The number of pyridine rings is 1. The van der Waals surface area contributed by atoms with E-state index in [2.05, 4.69) is 9.71 Å². The van der Waals surface area contributed by atoms with E-state index in [1.807, 2.05) is 60.7 Å². The number of hydrogen-bond donors (Lipinski definition) is 1. The molecule has 0 unspecified atom stereocenters. The number of hydrogen-bond acceptors (Lipinski definition) is 4. The van der Waals surface area contributed by atoms with Crippen LogP contribution in [0.25, 0.3) is 6.08 Å². The van der Waals surface area contributed by atoms with E-state index in [4.69, 9.17) is 4.74 Å². The van der Waals surface area contributed by atoms with Crippen LogP contribution < -0.4 is 9.46 Å². The van der Waals surface area contributed by atoms with Crippen molar-refractivity contribution in [3.05, 3.63) is 101 Å². The second kappa shape index (κ2) is 9.12. The lowest BCUT2D eigenvalue weighted by molar-refractivity contribution is 0.290. The fourth-order valence-corrected chi connectivity index (χ4v) is 3.16. The molecule has 0 bridgehead atoms. The first-order valence-corrected chi connectivity index (χ1v) is 10.0. The fraction of sp³-hybridized carbons (Fsp3) is 0.0952. The normalized spacial score (nSPS) is 11.6. The molecule has 2 aromatic carbocycles. The molecule has 0 aliphatic carbocycles. The Balaban J connectivity index is 1.63. The highest BCUT2D eigenvalue weighted by Gasteiger charge is 2.10. The van der Waals surface area contributed by atoms with Gasteiger partial charge in [0.05, 0.1) is 0 Å². The lowest BCUT2D eigenvalue weighted by atomic mass is 10.2. The molecular formula is C21H20N2O3S. The average Bonchev–Trinajstić information content (AvgIpc) is 2.71. The standard InChI is InChI=1S/C21H20N2O3S/c24-27(25,15-13-18-8-3-1-4-9-18)23-16-20-12-7-14-22-21(20)26-17-19-10-5-2-6-11-19/h1-15,23H,16-17H2/b15-13+. The van der Waals surface area contributed by atoms with Gasteiger partial charge in [-0.2, -0.15) is 0 Å². The van der Waals surface area contributed by atoms with E-state index >= 15 is 0 Å². The molecule has 0 spiro atoms. The van der Waals surface area contributed by atoms with Gasteiger partial charge in [0, 0.05) is 23.7 Å². The lowest BCUT2D eigenvalue weighted by Gasteiger charge is -2.10. The first-order valence-electron chi connectivity index (χ1n) is 8.46. The van der Waals surface area contributed by atoms with Crippen molar-refractivity contribution in [1.29, 1.82) is 0 Å². The molecule has 0 radical (unpaired) electrons. The highest BCUT2D eigenvalue weighted by atomic mass is 32.2. The van der Waals surface area contributed by atoms with E-state index in [9.17, 15) is 8.42 Å². The molecule has 138 valence electrons. The molecule has 0 aliphatic rings. The zero-order valence-corrected chi connectivity index (χ0v) is 15.5. The number of ether oxygens (including phenoxy) is 1. The molecule has 6 heteroatoms. The fourth-order valence-electron chi connectivity index (χ4n) is 2.37. The van der Waals surface area contributed by atoms with Crippen molar-refractivity contribution in [2.45, 2.75) is 13.2 Å². The SMILES string of the molecule is O=S(=O)(/C=C/c1ccccc1)NCc1cccnc1OCc1ccccc1. The Bertz CT molecular complexity index is 988. The van der Waals surface area contributed by atoms with E-state index in [0.29, 0.717) is 18.1 Å². The van der Waals surface area contributed by atoms with Crippen LogP contribution in [0.5, 0.6) is 5.88 Å². The van der Waals surface area contributed by atoms with E-state index in [0.717, 1.165) is 16.5 Å². The van der Waals surface area contributed by atoms with Crippen LogP contribution >= 0.6 is 0 Å². The molecule has 1 heterocycles. The van der Waals surface area contributed by atoms with Crippen LogP contribution in [0, 0.1) is 0 Å². The molecule has 3 aromatic rings. The van der Waals surface area contributed by atoms with Crippen molar-refractivity contribution in [3.63, 3.8) is 0 Å². The molecule has 0 saturated heterocycles. The first kappa shape index (κ1) is 18.8. The van der Waals surface area contributed by atoms with Gasteiger partial charge in [0.1, 0.15) is 6.61 Å². The summed E-state index contributed by atoms with van der Waals surface area (Å²) in [6, 6.07) is 22.5. The quantitative estimate of drug-likeness (QED) is 0.646. The van der Waals surface area contributed by atoms with Gasteiger partial charge in [-0.15, -0.1) is 0 Å². The third-order valence-electron chi connectivity index (χ3n) is 3.77. The number of rotatable bonds is 8. The zero-order chi connectivity index (χ0) is 19.0. The number of nitrogens with zero attached hydrogens (tertiary/aromatic N) is 1. The number of benzene rings is 2. The monoisotopic (exact) mass is 380 g/mol. The van der Waals surface area contributed by atoms with E-state index in [-0.39, 0.29) is 6.54 Å². The minimum absolute atomic E-state index is 0.0967. The Morgan fingerprint density at radius 2 is 1.63 bits per heavy atom. The molecule has 5 nitrogen and oxygen atoms in total. The summed E-state index contributed by atoms with van der Waals surface area (Å²) in [5, 5.41) is 1.16. The van der Waals surface area contributed by atoms with Crippen LogP contribution in [0.1, 0.15) is 16.7 Å². The zero-order valence-electron chi connectivity index (χ0n) is 14.7. The van der Waals surface area contributed by atoms with Gasteiger partial charge in [-0.25, -0.2) is 18.1 Å². The largest absolute Gasteiger partial charge is 0.473 e. The summed E-state index contributed by atoms with van der Waals surface area (Å²) in [7, 11) is -3.58. The summed E-state index contributed by atoms with van der Waals surface area (Å²) < 4.78 is 32.7. The second-order valence-corrected chi connectivity index (χ2v) is 7.47. The van der Waals surface area contributed by atoms with E-state index in [1.165, 1.54) is 0 Å². The molecule has 1 N–H and O–H groups in total. The predicted octanol–water partition coefficient (Wildman–Crippen LogP) is 3.75. The first-order chi connectivity index (χ1) is 13.1. The van der Waals surface area contributed by atoms with Gasteiger partial charge >= 0.3 is 0 Å². The van der Waals surface area contributed by atoms with Crippen molar-refractivity contribution < 1.29 is 13.2 Å². The third kappa shape index (κ3) is 6.06. The van der Waals surface area contributed by atoms with Crippen LogP contribution in [0.2, 0.25) is 0 Å². The van der Waals surface area contributed by atoms with Crippen LogP contribution in [0.3, 0.4) is 0 Å². The van der Waals surface area contributed by atoms with Gasteiger partial charge < -0.3 is 4.74 Å². The maximum absolute atomic E-state index is 12.2. The Hall–Kier alpha value is -2.96. The van der Waals surface area contributed by atoms with Gasteiger partial charge in [-0.05, 0) is 23.3 Å². The van der Waals surface area contributed by atoms with Gasteiger partial charge in [-0.1, -0.05) is 66.7 Å². The third-order valence-corrected chi connectivity index (χ3v) is 4.81. The van der Waals surface area contributed by atoms with E-state index in [1.54, 1.807) is 24.4 Å². The summed E-state index contributed by atoms with van der Waals surface area (Å²) in [6.45, 7) is 0.463. The van der Waals surface area contributed by atoms with Crippen molar-refractivity contribution in [2.75, 3.05) is 0 Å². The van der Waals surface area contributed by atoms with E-state index < -0.39 is 10.0 Å². The lowest BCUT2D eigenvalue weighted by Crippen LogP contribution is -2.21. The average molecular weight is 380 g/mol. The molecule has 0 saturated carbocycles. The van der Waals surface area contributed by atoms with Crippen molar-refractivity contribution in [3.8, 4) is 5.88 Å². The summed E-state index contributed by atoms with van der Waals surface area (Å²) >= 11 is 0. The Labute approximate surface area is 159 Å². The van der Waals surface area contributed by atoms with Crippen LogP contribution in [-0.4, -0.2) is 13.4 Å². The molecule has 1 aromatic heterocycles. The maximum Gasteiger partial charge on any atom is 0.234 e. The molecule has 0 amide bonds. The smallest absolute Gasteiger partial charge is 0.234 e. The topological polar surface area (TPSA) is 68.3 Å². The Kier molecular flexibility index (Phi) is 6.35. The molecule has 0 aliphatic heterocycles. The highest BCUT2D eigenvalue weighted by Crippen LogP contribution is 2.16. The van der Waals surface area contributed by atoms with Crippen molar-refractivity contribution in [2.24, 2.45) is 0 Å². The van der Waals surface area contributed by atoms with Crippen molar-refractivity contribution >= 4 is 16.1 Å². The highest BCUT2D eigenvalue weighted by molar-refractivity contribution is 7.92. The van der Waals surface area contributed by atoms with Gasteiger partial charge in [-0.3, -0.25) is 0 Å². The molecule has 0 fully saturated rings. The maximum atomic E-state index is 12.2. The summed E-state index contributed by atoms with van der Waals surface area (Å²) in [5.74, 6) is 0.413. The number of sulfonamides is 1. The number of aromatic nitrogens is 1. The minimum Gasteiger partial charge on any atom is -0.473 e. The minimum atomic E-state index is -3.58. The van der Waals surface area contributed by atoms with Gasteiger partial charge in [0.15, 0.2) is 0 Å². The Morgan fingerprint density at radius 3 is 2.37 bits per heavy atom. The molecule has 0 atom stereocenters. The van der Waals surface area contributed by atoms with Crippen LogP contribution in [0.15, 0.2) is 84.4 Å². The van der Waals surface area contributed by atoms with Gasteiger partial charge in [0.25, 0.3) is 0 Å². The summed E-state index contributed by atoms with van der Waals surface area (Å²) in [4.78, 5) is 4.21. The predicted molar refractivity (Wildman–Crippen MR) is 106 cm³/mol. The number of nitrogens with one attached hydrogen (secondary N) is 1. The van der Waals surface area contributed by atoms with Crippen molar-refractivity contribution in [1.82, 2.24) is 9.71 Å². The van der Waals surface area contributed by atoms with Crippen LogP contribution in [-0.2, 0) is 23.2 Å².